The Kier molecular flexibility index (Phi) is 5.57. The molecule has 1 saturated heterocycles. The van der Waals surface area contributed by atoms with E-state index in [0.29, 0.717) is 29.1 Å². The zero-order valence-corrected chi connectivity index (χ0v) is 13.4. The van der Waals surface area contributed by atoms with Crippen molar-refractivity contribution in [1.82, 2.24) is 15.1 Å². The minimum atomic E-state index is -0.562. The number of halogens is 1. The summed E-state index contributed by atoms with van der Waals surface area (Å²) in [6.45, 7) is 1.63. The van der Waals surface area contributed by atoms with Gasteiger partial charge in [0, 0.05) is 26.2 Å². The lowest BCUT2D eigenvalue weighted by molar-refractivity contribution is 0.1000. The van der Waals surface area contributed by atoms with Crippen molar-refractivity contribution in [2.45, 2.75) is 18.5 Å². The van der Waals surface area contributed by atoms with Crippen LogP contribution in [0.25, 0.3) is 0 Å². The zero-order chi connectivity index (χ0) is 15.4. The van der Waals surface area contributed by atoms with Gasteiger partial charge in [-0.2, -0.15) is 5.10 Å². The highest BCUT2D eigenvalue weighted by atomic mass is 79.9. The molecule has 2 atom stereocenters. The van der Waals surface area contributed by atoms with Crippen LogP contribution in [0.15, 0.2) is 4.60 Å². The van der Waals surface area contributed by atoms with Gasteiger partial charge >= 0.3 is 0 Å². The summed E-state index contributed by atoms with van der Waals surface area (Å²) in [5, 5.41) is 19.7. The first-order valence-electron chi connectivity index (χ1n) is 6.73. The monoisotopic (exact) mass is 361 g/mol. The molecule has 9 heteroatoms. The highest BCUT2D eigenvalue weighted by Crippen LogP contribution is 2.30. The summed E-state index contributed by atoms with van der Waals surface area (Å²) >= 11 is 3.27. The second-order valence-corrected chi connectivity index (χ2v) is 5.67. The molecule has 118 valence electrons. The summed E-state index contributed by atoms with van der Waals surface area (Å²) in [5.41, 5.74) is 5.72. The van der Waals surface area contributed by atoms with E-state index in [-0.39, 0.29) is 18.7 Å². The van der Waals surface area contributed by atoms with Crippen LogP contribution in [0, 0.1) is 0 Å². The van der Waals surface area contributed by atoms with Crippen molar-refractivity contribution in [3.63, 3.8) is 0 Å². The topological polar surface area (TPSA) is 114 Å². The molecule has 0 unspecified atom stereocenters. The van der Waals surface area contributed by atoms with Crippen LogP contribution < -0.4 is 16.4 Å². The van der Waals surface area contributed by atoms with Gasteiger partial charge in [0.1, 0.15) is 16.0 Å². The number of anilines is 1. The number of aliphatic hydroxyl groups excluding tert-OH is 1. The SMILES string of the molecule is COC[C@H]1C[C@H](n2nc(Br)c(C(N)=O)c2NCCO)CN1. The van der Waals surface area contributed by atoms with Gasteiger partial charge in [0.05, 0.1) is 19.3 Å². The van der Waals surface area contributed by atoms with E-state index >= 15 is 0 Å². The predicted molar refractivity (Wildman–Crippen MR) is 81.3 cm³/mol. The van der Waals surface area contributed by atoms with Crippen molar-refractivity contribution in [2.24, 2.45) is 5.73 Å². The lowest BCUT2D eigenvalue weighted by atomic mass is 10.2. The zero-order valence-electron chi connectivity index (χ0n) is 11.8. The number of hydrogen-bond acceptors (Lipinski definition) is 6. The number of methoxy groups -OCH3 is 1. The Morgan fingerprint density at radius 1 is 1.71 bits per heavy atom. The molecule has 8 nitrogen and oxygen atoms in total. The highest BCUT2D eigenvalue weighted by molar-refractivity contribution is 9.10. The molecule has 1 aliphatic heterocycles. The van der Waals surface area contributed by atoms with Crippen LogP contribution >= 0.6 is 15.9 Å². The summed E-state index contributed by atoms with van der Waals surface area (Å²) in [5.74, 6) is -0.0266. The molecule has 21 heavy (non-hydrogen) atoms. The summed E-state index contributed by atoms with van der Waals surface area (Å²) in [7, 11) is 1.67. The molecule has 0 saturated carbocycles. The molecule has 2 heterocycles. The first-order valence-corrected chi connectivity index (χ1v) is 7.52. The van der Waals surface area contributed by atoms with Crippen LogP contribution in [-0.4, -0.2) is 60.2 Å². The minimum Gasteiger partial charge on any atom is -0.395 e. The Morgan fingerprint density at radius 2 is 2.48 bits per heavy atom. The molecule has 0 bridgehead atoms. The maximum absolute atomic E-state index is 11.6. The van der Waals surface area contributed by atoms with Gasteiger partial charge in [0.25, 0.3) is 5.91 Å². The smallest absolute Gasteiger partial charge is 0.255 e. The van der Waals surface area contributed by atoms with E-state index in [0.717, 1.165) is 13.0 Å². The summed E-state index contributed by atoms with van der Waals surface area (Å²) in [6, 6.07) is 0.349. The van der Waals surface area contributed by atoms with E-state index in [1.165, 1.54) is 0 Å². The molecule has 1 amide bonds. The van der Waals surface area contributed by atoms with Crippen LogP contribution in [0.1, 0.15) is 22.8 Å². The van der Waals surface area contributed by atoms with Crippen LogP contribution in [0.5, 0.6) is 0 Å². The fraction of sp³-hybridized carbons (Fsp3) is 0.667. The Bertz CT molecular complexity index is 507. The Hall–Kier alpha value is -1.16. The van der Waals surface area contributed by atoms with Crippen molar-refractivity contribution in [1.29, 1.82) is 0 Å². The van der Waals surface area contributed by atoms with E-state index in [1.807, 2.05) is 0 Å². The number of amides is 1. The standard InChI is InChI=1S/C12H20BrN5O3/c1-21-6-7-4-8(5-16-7)18-12(15-2-3-19)9(11(14)20)10(13)17-18/h7-8,15-16,19H,2-6H2,1H3,(H2,14,20)/t7-,8+/m1/s1. The predicted octanol–water partition coefficient (Wildman–Crippen LogP) is -0.302. The number of ether oxygens (including phenoxy) is 1. The first kappa shape index (κ1) is 16.2. The van der Waals surface area contributed by atoms with Crippen LogP contribution in [0.3, 0.4) is 0 Å². The highest BCUT2D eigenvalue weighted by Gasteiger charge is 2.30. The summed E-state index contributed by atoms with van der Waals surface area (Å²) in [6.07, 6.45) is 0.841. The van der Waals surface area contributed by atoms with Crippen molar-refractivity contribution in [3.05, 3.63) is 10.2 Å². The molecule has 0 spiro atoms. The molecule has 0 aromatic carbocycles. The van der Waals surface area contributed by atoms with E-state index in [2.05, 4.69) is 31.7 Å². The van der Waals surface area contributed by atoms with Gasteiger partial charge in [-0.15, -0.1) is 0 Å². The Balaban J connectivity index is 2.26. The molecule has 1 fully saturated rings. The lowest BCUT2D eigenvalue weighted by Gasteiger charge is -2.15. The Morgan fingerprint density at radius 3 is 3.10 bits per heavy atom. The van der Waals surface area contributed by atoms with E-state index in [4.69, 9.17) is 15.6 Å². The third kappa shape index (κ3) is 3.54. The second-order valence-electron chi connectivity index (χ2n) is 4.92. The number of primary amides is 1. The lowest BCUT2D eigenvalue weighted by Crippen LogP contribution is -2.25. The van der Waals surface area contributed by atoms with Gasteiger partial charge < -0.3 is 26.2 Å². The van der Waals surface area contributed by atoms with E-state index < -0.39 is 5.91 Å². The number of nitrogens with one attached hydrogen (secondary N) is 2. The second kappa shape index (κ2) is 7.21. The maximum atomic E-state index is 11.6. The number of nitrogens with zero attached hydrogens (tertiary/aromatic N) is 2. The van der Waals surface area contributed by atoms with Crippen molar-refractivity contribution < 1.29 is 14.6 Å². The molecule has 1 aromatic rings. The van der Waals surface area contributed by atoms with E-state index in [1.54, 1.807) is 11.8 Å². The fourth-order valence-electron chi connectivity index (χ4n) is 2.55. The Labute approximate surface area is 131 Å². The number of aromatic nitrogens is 2. The van der Waals surface area contributed by atoms with Gasteiger partial charge in [-0.1, -0.05) is 0 Å². The number of carbonyl (C=O) groups is 1. The average molecular weight is 362 g/mol. The summed E-state index contributed by atoms with van der Waals surface area (Å²) < 4.78 is 7.31. The van der Waals surface area contributed by atoms with Gasteiger partial charge in [-0.3, -0.25) is 4.79 Å². The third-order valence-corrected chi connectivity index (χ3v) is 3.99. The normalized spacial score (nSPS) is 21.7. The van der Waals surface area contributed by atoms with Crippen LogP contribution in [0.2, 0.25) is 0 Å². The van der Waals surface area contributed by atoms with E-state index in [9.17, 15) is 4.79 Å². The number of rotatable bonds is 7. The van der Waals surface area contributed by atoms with Gasteiger partial charge in [-0.25, -0.2) is 4.68 Å². The first-order chi connectivity index (χ1) is 10.1. The largest absolute Gasteiger partial charge is 0.395 e. The fourth-order valence-corrected chi connectivity index (χ4v) is 3.10. The van der Waals surface area contributed by atoms with Crippen molar-refractivity contribution >= 4 is 27.7 Å². The van der Waals surface area contributed by atoms with Crippen molar-refractivity contribution in [3.8, 4) is 0 Å². The molecular weight excluding hydrogens is 342 g/mol. The van der Waals surface area contributed by atoms with Gasteiger partial charge in [0.2, 0.25) is 0 Å². The van der Waals surface area contributed by atoms with Crippen LogP contribution in [0.4, 0.5) is 5.82 Å². The molecule has 1 aliphatic rings. The number of hydrogen-bond donors (Lipinski definition) is 4. The molecule has 5 N–H and O–H groups in total. The summed E-state index contributed by atoms with van der Waals surface area (Å²) in [4.78, 5) is 11.6. The van der Waals surface area contributed by atoms with Crippen LogP contribution in [-0.2, 0) is 4.74 Å². The number of aliphatic hydroxyl groups is 1. The minimum absolute atomic E-state index is 0.0454. The molecule has 0 aliphatic carbocycles. The van der Waals surface area contributed by atoms with Gasteiger partial charge in [0.15, 0.2) is 0 Å². The molecule has 2 rings (SSSR count). The third-order valence-electron chi connectivity index (χ3n) is 3.43. The molecular formula is C12H20BrN5O3. The molecule has 0 radical (unpaired) electrons. The number of nitrogens with two attached hydrogens (primary N) is 1. The van der Waals surface area contributed by atoms with Crippen molar-refractivity contribution in [2.75, 3.05) is 38.7 Å². The van der Waals surface area contributed by atoms with Gasteiger partial charge in [-0.05, 0) is 22.4 Å². The quantitative estimate of drug-likeness (QED) is 0.530. The maximum Gasteiger partial charge on any atom is 0.255 e. The molecule has 1 aromatic heterocycles. The number of carbonyl (C=O) groups excluding carboxylic acids is 1. The average Bonchev–Trinajstić information content (AvgIpc) is 3.01.